The highest BCUT2D eigenvalue weighted by Crippen LogP contribution is 2.23. The van der Waals surface area contributed by atoms with Crippen LogP contribution in [0.25, 0.3) is 0 Å². The van der Waals surface area contributed by atoms with E-state index < -0.39 is 0 Å². The van der Waals surface area contributed by atoms with Crippen molar-refractivity contribution in [3.63, 3.8) is 0 Å². The second-order valence-corrected chi connectivity index (χ2v) is 5.80. The molecule has 1 saturated heterocycles. The summed E-state index contributed by atoms with van der Waals surface area (Å²) in [6, 6.07) is 0.284. The zero-order chi connectivity index (χ0) is 15.2. The second-order valence-electron chi connectivity index (χ2n) is 5.42. The lowest BCUT2D eigenvalue weighted by atomic mass is 10.1. The van der Waals surface area contributed by atoms with Gasteiger partial charge in [-0.25, -0.2) is 0 Å². The van der Waals surface area contributed by atoms with E-state index in [4.69, 9.17) is 21.1 Å². The Balaban J connectivity index is 2.06. The van der Waals surface area contributed by atoms with Crippen molar-refractivity contribution < 1.29 is 9.47 Å². The molecule has 1 aromatic rings. The predicted octanol–water partition coefficient (Wildman–Crippen LogP) is 2.54. The van der Waals surface area contributed by atoms with Crippen molar-refractivity contribution in [1.82, 2.24) is 15.1 Å². The van der Waals surface area contributed by atoms with E-state index in [2.05, 4.69) is 24.3 Å². The van der Waals surface area contributed by atoms with Gasteiger partial charge in [-0.1, -0.05) is 18.5 Å². The van der Waals surface area contributed by atoms with Gasteiger partial charge in [-0.2, -0.15) is 5.10 Å². The average Bonchev–Trinajstić information content (AvgIpc) is 3.08. The minimum atomic E-state index is -0.0998. The summed E-state index contributed by atoms with van der Waals surface area (Å²) in [5, 5.41) is 8.85. The molecule has 1 aliphatic heterocycles. The molecular formula is C15H26ClN3O2. The van der Waals surface area contributed by atoms with E-state index in [1.807, 2.05) is 11.6 Å². The molecule has 1 N–H and O–H groups in total. The minimum Gasteiger partial charge on any atom is -0.350 e. The molecule has 1 atom stereocenters. The molecule has 6 heteroatoms. The van der Waals surface area contributed by atoms with Gasteiger partial charge in [-0.05, 0) is 26.8 Å². The molecule has 1 unspecified atom stereocenters. The molecule has 0 spiro atoms. The average molecular weight is 316 g/mol. The van der Waals surface area contributed by atoms with Crippen LogP contribution in [0.3, 0.4) is 0 Å². The van der Waals surface area contributed by atoms with Crippen molar-refractivity contribution in [3.8, 4) is 0 Å². The van der Waals surface area contributed by atoms with Gasteiger partial charge < -0.3 is 14.8 Å². The molecule has 0 bridgehead atoms. The first-order valence-electron chi connectivity index (χ1n) is 7.84. The summed E-state index contributed by atoms with van der Waals surface area (Å²) < 4.78 is 13.1. The molecule has 21 heavy (non-hydrogen) atoms. The number of nitrogens with one attached hydrogen (secondary N) is 1. The van der Waals surface area contributed by atoms with Crippen molar-refractivity contribution in [2.24, 2.45) is 0 Å². The maximum Gasteiger partial charge on any atom is 0.159 e. The van der Waals surface area contributed by atoms with Crippen LogP contribution in [-0.4, -0.2) is 41.9 Å². The Morgan fingerprint density at radius 3 is 2.71 bits per heavy atom. The van der Waals surface area contributed by atoms with E-state index in [9.17, 15) is 0 Å². The highest BCUT2D eigenvalue weighted by Gasteiger charge is 2.24. The van der Waals surface area contributed by atoms with E-state index in [1.54, 1.807) is 0 Å². The molecule has 0 aromatic carbocycles. The lowest BCUT2D eigenvalue weighted by molar-refractivity contribution is -0.0527. The summed E-state index contributed by atoms with van der Waals surface area (Å²) in [4.78, 5) is 0. The zero-order valence-electron chi connectivity index (χ0n) is 13.2. The summed E-state index contributed by atoms with van der Waals surface area (Å²) in [6.07, 6.45) is 2.68. The number of rotatable bonds is 8. The fourth-order valence-corrected chi connectivity index (χ4v) is 2.87. The molecule has 1 aromatic heterocycles. The Labute approximate surface area is 131 Å². The quantitative estimate of drug-likeness (QED) is 0.801. The van der Waals surface area contributed by atoms with Crippen LogP contribution in [0.4, 0.5) is 0 Å². The molecule has 1 fully saturated rings. The van der Waals surface area contributed by atoms with E-state index in [-0.39, 0.29) is 12.3 Å². The SMILES string of the molecule is CCCNC(Cc1c(Cl)c(C)nn1CC)CC1OCCO1. The Hall–Kier alpha value is -0.620. The van der Waals surface area contributed by atoms with Gasteiger partial charge in [0.2, 0.25) is 0 Å². The first-order chi connectivity index (χ1) is 10.2. The Morgan fingerprint density at radius 1 is 1.38 bits per heavy atom. The third kappa shape index (κ3) is 4.42. The number of halogens is 1. The van der Waals surface area contributed by atoms with E-state index in [0.29, 0.717) is 13.2 Å². The smallest absolute Gasteiger partial charge is 0.159 e. The topological polar surface area (TPSA) is 48.3 Å². The lowest BCUT2D eigenvalue weighted by Crippen LogP contribution is -2.36. The Bertz CT molecular complexity index is 444. The molecule has 0 amide bonds. The third-order valence-corrected chi connectivity index (χ3v) is 4.24. The number of aryl methyl sites for hydroxylation is 2. The first kappa shape index (κ1) is 16.7. The first-order valence-corrected chi connectivity index (χ1v) is 8.21. The van der Waals surface area contributed by atoms with Gasteiger partial charge in [-0.3, -0.25) is 4.68 Å². The molecular weight excluding hydrogens is 290 g/mol. The number of ether oxygens (including phenoxy) is 2. The summed E-state index contributed by atoms with van der Waals surface area (Å²) in [5.74, 6) is 0. The van der Waals surface area contributed by atoms with Gasteiger partial charge in [0, 0.05) is 25.4 Å². The highest BCUT2D eigenvalue weighted by molar-refractivity contribution is 6.31. The van der Waals surface area contributed by atoms with Gasteiger partial charge in [0.25, 0.3) is 0 Å². The molecule has 5 nitrogen and oxygen atoms in total. The fourth-order valence-electron chi connectivity index (χ4n) is 2.66. The zero-order valence-corrected chi connectivity index (χ0v) is 13.9. The van der Waals surface area contributed by atoms with Crippen LogP contribution in [0.1, 0.15) is 38.1 Å². The van der Waals surface area contributed by atoms with Crippen LogP contribution in [-0.2, 0) is 22.4 Å². The van der Waals surface area contributed by atoms with E-state index >= 15 is 0 Å². The van der Waals surface area contributed by atoms with Crippen LogP contribution in [0.5, 0.6) is 0 Å². The largest absolute Gasteiger partial charge is 0.350 e. The number of aromatic nitrogens is 2. The number of hydrogen-bond acceptors (Lipinski definition) is 4. The van der Waals surface area contributed by atoms with Gasteiger partial charge >= 0.3 is 0 Å². The maximum atomic E-state index is 6.41. The number of hydrogen-bond donors (Lipinski definition) is 1. The summed E-state index contributed by atoms with van der Waals surface area (Å²) in [6.45, 7) is 9.41. The molecule has 2 heterocycles. The standard InChI is InChI=1S/C15H26ClN3O2/c1-4-6-17-12(10-14-20-7-8-21-14)9-13-15(16)11(3)18-19(13)5-2/h12,14,17H,4-10H2,1-3H3. The van der Waals surface area contributed by atoms with Crippen LogP contribution >= 0.6 is 11.6 Å². The Morgan fingerprint density at radius 2 is 2.10 bits per heavy atom. The van der Waals surface area contributed by atoms with Gasteiger partial charge in [0.05, 0.1) is 29.6 Å². The molecule has 2 rings (SSSR count). The lowest BCUT2D eigenvalue weighted by Gasteiger charge is -2.21. The van der Waals surface area contributed by atoms with Crippen molar-refractivity contribution in [2.75, 3.05) is 19.8 Å². The van der Waals surface area contributed by atoms with Gasteiger partial charge in [0.1, 0.15) is 0 Å². The second kappa shape index (κ2) is 8.13. The van der Waals surface area contributed by atoms with Crippen LogP contribution in [0, 0.1) is 6.92 Å². The predicted molar refractivity (Wildman–Crippen MR) is 83.7 cm³/mol. The normalized spacial score (nSPS) is 17.5. The van der Waals surface area contributed by atoms with Gasteiger partial charge in [0.15, 0.2) is 6.29 Å². The fraction of sp³-hybridized carbons (Fsp3) is 0.800. The minimum absolute atomic E-state index is 0.0998. The van der Waals surface area contributed by atoms with E-state index in [0.717, 1.165) is 48.8 Å². The summed E-state index contributed by atoms with van der Waals surface area (Å²) in [7, 11) is 0. The van der Waals surface area contributed by atoms with Crippen LogP contribution < -0.4 is 5.32 Å². The molecule has 120 valence electrons. The van der Waals surface area contributed by atoms with Crippen molar-refractivity contribution in [3.05, 3.63) is 16.4 Å². The molecule has 0 saturated carbocycles. The summed E-state index contributed by atoms with van der Waals surface area (Å²) >= 11 is 6.41. The van der Waals surface area contributed by atoms with Crippen LogP contribution in [0.15, 0.2) is 0 Å². The maximum absolute atomic E-state index is 6.41. The highest BCUT2D eigenvalue weighted by atomic mass is 35.5. The summed E-state index contributed by atoms with van der Waals surface area (Å²) in [5.41, 5.74) is 2.00. The third-order valence-electron chi connectivity index (χ3n) is 3.74. The number of nitrogens with zero attached hydrogens (tertiary/aromatic N) is 2. The van der Waals surface area contributed by atoms with Crippen molar-refractivity contribution in [1.29, 1.82) is 0 Å². The monoisotopic (exact) mass is 315 g/mol. The Kier molecular flexibility index (Phi) is 6.48. The molecule has 0 aliphatic carbocycles. The van der Waals surface area contributed by atoms with Crippen molar-refractivity contribution in [2.45, 2.75) is 58.9 Å². The molecule has 1 aliphatic rings. The van der Waals surface area contributed by atoms with Gasteiger partial charge in [-0.15, -0.1) is 0 Å². The van der Waals surface area contributed by atoms with Crippen molar-refractivity contribution >= 4 is 11.6 Å². The van der Waals surface area contributed by atoms with Crippen LogP contribution in [0.2, 0.25) is 5.02 Å². The van der Waals surface area contributed by atoms with E-state index in [1.165, 1.54) is 0 Å². The molecule has 0 radical (unpaired) electrons.